The molecule has 2 atom stereocenters. The lowest BCUT2D eigenvalue weighted by atomic mass is 9.66. The summed E-state index contributed by atoms with van der Waals surface area (Å²) in [5, 5.41) is 11.7. The monoisotopic (exact) mass is 308 g/mol. The molecule has 3 aliphatic rings. The second-order valence-corrected chi connectivity index (χ2v) is 8.13. The van der Waals surface area contributed by atoms with Crippen molar-refractivity contribution in [3.63, 3.8) is 0 Å². The molecule has 1 aromatic rings. The highest BCUT2D eigenvalue weighted by Gasteiger charge is 2.58. The number of hydrogen-bond donors (Lipinski definition) is 1. The van der Waals surface area contributed by atoms with Gasteiger partial charge in [-0.25, -0.2) is 0 Å². The molecule has 1 aromatic carbocycles. The summed E-state index contributed by atoms with van der Waals surface area (Å²) in [6.07, 6.45) is 11.9. The minimum atomic E-state index is -0.472. The summed E-state index contributed by atoms with van der Waals surface area (Å²) in [6.45, 7) is 4.59. The molecule has 0 unspecified atom stereocenters. The van der Waals surface area contributed by atoms with E-state index in [1.165, 1.54) is 36.8 Å². The summed E-state index contributed by atoms with van der Waals surface area (Å²) in [7, 11) is 0. The molecule has 0 aromatic heterocycles. The first kappa shape index (κ1) is 15.2. The largest absolute Gasteiger partial charge is 0.389 e. The van der Waals surface area contributed by atoms with E-state index in [9.17, 15) is 5.11 Å². The normalized spacial score (nSPS) is 28.1. The zero-order valence-electron chi connectivity index (χ0n) is 14.3. The van der Waals surface area contributed by atoms with Gasteiger partial charge in [0.25, 0.3) is 0 Å². The molecule has 0 amide bonds. The number of hydrogen-bond acceptors (Lipinski definition) is 1. The average molecular weight is 308 g/mol. The van der Waals surface area contributed by atoms with E-state index in [0.29, 0.717) is 23.7 Å². The van der Waals surface area contributed by atoms with E-state index in [0.717, 1.165) is 0 Å². The number of aliphatic hydroxyl groups is 1. The van der Waals surface area contributed by atoms with E-state index in [1.54, 1.807) is 0 Å². The van der Waals surface area contributed by atoms with Gasteiger partial charge in [-0.1, -0.05) is 62.4 Å². The lowest BCUT2D eigenvalue weighted by Gasteiger charge is -2.42. The van der Waals surface area contributed by atoms with Crippen LogP contribution >= 0.6 is 0 Å². The summed E-state index contributed by atoms with van der Waals surface area (Å²) >= 11 is 0. The van der Waals surface area contributed by atoms with Crippen LogP contribution in [0.15, 0.2) is 48.6 Å². The Hall–Kier alpha value is -1.34. The third-order valence-corrected chi connectivity index (χ3v) is 6.15. The van der Waals surface area contributed by atoms with Gasteiger partial charge in [0.15, 0.2) is 0 Å². The van der Waals surface area contributed by atoms with Crippen LogP contribution in [-0.2, 0) is 0 Å². The quantitative estimate of drug-likeness (QED) is 0.804. The van der Waals surface area contributed by atoms with Gasteiger partial charge in [-0.2, -0.15) is 0 Å². The Morgan fingerprint density at radius 2 is 1.61 bits per heavy atom. The third kappa shape index (κ3) is 2.70. The third-order valence-electron chi connectivity index (χ3n) is 6.15. The first-order valence-electron chi connectivity index (χ1n) is 9.28. The SMILES string of the molecule is CC(C)[C@H]1C=CC(c2ccccc2)=C[C@@H]1C(O)(C1CC1)C1CC1. The van der Waals surface area contributed by atoms with Gasteiger partial charge in [0, 0.05) is 5.92 Å². The van der Waals surface area contributed by atoms with Crippen molar-refractivity contribution in [2.45, 2.75) is 45.1 Å². The maximum atomic E-state index is 11.7. The van der Waals surface area contributed by atoms with E-state index in [-0.39, 0.29) is 5.92 Å². The van der Waals surface area contributed by atoms with Crippen LogP contribution in [0, 0.1) is 29.6 Å². The summed E-state index contributed by atoms with van der Waals surface area (Å²) in [4.78, 5) is 0. The molecule has 0 aliphatic heterocycles. The summed E-state index contributed by atoms with van der Waals surface area (Å²) < 4.78 is 0. The Morgan fingerprint density at radius 3 is 2.13 bits per heavy atom. The Morgan fingerprint density at radius 1 is 1.00 bits per heavy atom. The van der Waals surface area contributed by atoms with Gasteiger partial charge in [0.2, 0.25) is 0 Å². The standard InChI is InChI=1S/C22H28O/c1-15(2)20-13-8-17(16-6-4-3-5-7-16)14-21(20)22(23,18-9-10-18)19-11-12-19/h3-8,13-15,18-21,23H,9-12H2,1-2H3/t20-,21+/m1/s1. The van der Waals surface area contributed by atoms with E-state index >= 15 is 0 Å². The van der Waals surface area contributed by atoms with Crippen LogP contribution in [-0.4, -0.2) is 10.7 Å². The van der Waals surface area contributed by atoms with Gasteiger partial charge in [-0.3, -0.25) is 0 Å². The topological polar surface area (TPSA) is 20.2 Å². The molecular formula is C22H28O. The highest BCUT2D eigenvalue weighted by Crippen LogP contribution is 2.58. The smallest absolute Gasteiger partial charge is 0.0772 e. The van der Waals surface area contributed by atoms with E-state index in [4.69, 9.17) is 0 Å². The fraction of sp³-hybridized carbons (Fsp3) is 0.545. The molecule has 0 radical (unpaired) electrons. The molecule has 4 rings (SSSR count). The molecule has 0 heterocycles. The van der Waals surface area contributed by atoms with Gasteiger partial charge in [0.1, 0.15) is 0 Å². The number of allylic oxidation sites excluding steroid dienone is 3. The van der Waals surface area contributed by atoms with Crippen LogP contribution in [0.5, 0.6) is 0 Å². The molecule has 0 bridgehead atoms. The Labute approximate surface area is 140 Å². The molecule has 0 saturated heterocycles. The molecule has 23 heavy (non-hydrogen) atoms. The minimum Gasteiger partial charge on any atom is -0.389 e. The molecule has 1 nitrogen and oxygen atoms in total. The van der Waals surface area contributed by atoms with E-state index < -0.39 is 5.60 Å². The van der Waals surface area contributed by atoms with Crippen molar-refractivity contribution in [2.75, 3.05) is 0 Å². The first-order chi connectivity index (χ1) is 11.1. The number of benzene rings is 1. The highest BCUT2D eigenvalue weighted by atomic mass is 16.3. The fourth-order valence-electron chi connectivity index (χ4n) is 4.57. The fourth-order valence-corrected chi connectivity index (χ4v) is 4.57. The van der Waals surface area contributed by atoms with Crippen molar-refractivity contribution in [3.05, 3.63) is 54.1 Å². The predicted molar refractivity (Wildman–Crippen MR) is 95.8 cm³/mol. The maximum absolute atomic E-state index is 11.7. The lowest BCUT2D eigenvalue weighted by Crippen LogP contribution is -2.46. The molecular weight excluding hydrogens is 280 g/mol. The van der Waals surface area contributed by atoms with Gasteiger partial charge < -0.3 is 5.11 Å². The van der Waals surface area contributed by atoms with Crippen molar-refractivity contribution < 1.29 is 5.11 Å². The summed E-state index contributed by atoms with van der Waals surface area (Å²) in [6, 6.07) is 10.6. The second kappa shape index (κ2) is 5.63. The minimum absolute atomic E-state index is 0.266. The molecule has 2 saturated carbocycles. The molecule has 1 heteroatoms. The van der Waals surface area contributed by atoms with Crippen molar-refractivity contribution in [2.24, 2.45) is 29.6 Å². The van der Waals surface area contributed by atoms with Crippen LogP contribution in [0.3, 0.4) is 0 Å². The Bertz CT molecular complexity index is 605. The maximum Gasteiger partial charge on any atom is 0.0772 e. The average Bonchev–Trinajstić information content (AvgIpc) is 3.46. The van der Waals surface area contributed by atoms with Gasteiger partial charge >= 0.3 is 0 Å². The Balaban J connectivity index is 1.73. The number of rotatable bonds is 5. The molecule has 1 N–H and O–H groups in total. The van der Waals surface area contributed by atoms with Crippen LogP contribution in [0.4, 0.5) is 0 Å². The molecule has 2 fully saturated rings. The lowest BCUT2D eigenvalue weighted by molar-refractivity contribution is -0.0613. The zero-order chi connectivity index (χ0) is 16.0. The van der Waals surface area contributed by atoms with Crippen molar-refractivity contribution >= 4 is 5.57 Å². The zero-order valence-corrected chi connectivity index (χ0v) is 14.3. The van der Waals surface area contributed by atoms with Crippen molar-refractivity contribution in [1.29, 1.82) is 0 Å². The van der Waals surface area contributed by atoms with Crippen LogP contribution in [0.2, 0.25) is 0 Å². The van der Waals surface area contributed by atoms with Crippen LogP contribution in [0.1, 0.15) is 45.1 Å². The van der Waals surface area contributed by atoms with Gasteiger partial charge in [0.05, 0.1) is 5.60 Å². The molecule has 122 valence electrons. The first-order valence-corrected chi connectivity index (χ1v) is 9.28. The van der Waals surface area contributed by atoms with Crippen LogP contribution in [0.25, 0.3) is 5.57 Å². The van der Waals surface area contributed by atoms with Crippen molar-refractivity contribution in [1.82, 2.24) is 0 Å². The second-order valence-electron chi connectivity index (χ2n) is 8.13. The molecule has 3 aliphatic carbocycles. The summed E-state index contributed by atoms with van der Waals surface area (Å²) in [5.41, 5.74) is 2.08. The highest BCUT2D eigenvalue weighted by molar-refractivity contribution is 5.75. The van der Waals surface area contributed by atoms with E-state index in [1.807, 2.05) is 0 Å². The predicted octanol–water partition coefficient (Wildman–Crippen LogP) is 5.08. The summed E-state index contributed by atoms with van der Waals surface area (Å²) in [5.74, 6) is 2.34. The van der Waals surface area contributed by atoms with Crippen LogP contribution < -0.4 is 0 Å². The van der Waals surface area contributed by atoms with E-state index in [2.05, 4.69) is 62.4 Å². The molecule has 0 spiro atoms. The van der Waals surface area contributed by atoms with Gasteiger partial charge in [-0.15, -0.1) is 0 Å². The van der Waals surface area contributed by atoms with Crippen molar-refractivity contribution in [3.8, 4) is 0 Å². The Kier molecular flexibility index (Phi) is 3.72. The van der Waals surface area contributed by atoms with Gasteiger partial charge in [-0.05, 0) is 60.5 Å².